The van der Waals surface area contributed by atoms with E-state index >= 15 is 0 Å². The Morgan fingerprint density at radius 2 is 2.06 bits per heavy atom. The van der Waals surface area contributed by atoms with Crippen molar-refractivity contribution < 1.29 is 9.53 Å². The Kier molecular flexibility index (Phi) is 4.59. The van der Waals surface area contributed by atoms with E-state index in [1.807, 2.05) is 12.1 Å². The molecule has 1 saturated carbocycles. The Morgan fingerprint density at radius 3 is 2.72 bits per heavy atom. The average Bonchev–Trinajstić information content (AvgIpc) is 3.16. The predicted octanol–water partition coefficient (Wildman–Crippen LogP) is 1.35. The van der Waals surface area contributed by atoms with E-state index in [4.69, 9.17) is 10.5 Å². The van der Waals surface area contributed by atoms with Gasteiger partial charge >= 0.3 is 0 Å². The number of nitrogens with one attached hydrogen (secondary N) is 1. The molecule has 0 bridgehead atoms. The molecule has 0 saturated heterocycles. The lowest BCUT2D eigenvalue weighted by atomic mass is 10.1. The first-order valence-electron chi connectivity index (χ1n) is 6.43. The van der Waals surface area contributed by atoms with Crippen LogP contribution in [0.25, 0.3) is 0 Å². The zero-order chi connectivity index (χ0) is 12.8. The van der Waals surface area contributed by atoms with Gasteiger partial charge in [0.2, 0.25) is 5.91 Å². The summed E-state index contributed by atoms with van der Waals surface area (Å²) in [6.07, 6.45) is 2.98. The first-order valence-corrected chi connectivity index (χ1v) is 6.43. The number of rotatable bonds is 7. The summed E-state index contributed by atoms with van der Waals surface area (Å²) in [6.45, 7) is 2.03. The molecule has 1 amide bonds. The van der Waals surface area contributed by atoms with Crippen molar-refractivity contribution in [2.45, 2.75) is 19.3 Å². The Morgan fingerprint density at radius 1 is 1.33 bits per heavy atom. The number of hydrogen-bond donors (Lipinski definition) is 2. The highest BCUT2D eigenvalue weighted by Gasteiger charge is 2.20. The lowest BCUT2D eigenvalue weighted by Gasteiger charge is -2.06. The van der Waals surface area contributed by atoms with Crippen LogP contribution in [-0.2, 0) is 16.0 Å². The van der Waals surface area contributed by atoms with Crippen LogP contribution in [0.15, 0.2) is 24.3 Å². The maximum atomic E-state index is 11.6. The maximum absolute atomic E-state index is 11.6. The molecule has 0 aliphatic heterocycles. The van der Waals surface area contributed by atoms with Gasteiger partial charge < -0.3 is 15.8 Å². The highest BCUT2D eigenvalue weighted by Crippen LogP contribution is 2.28. The van der Waals surface area contributed by atoms with Gasteiger partial charge in [0.1, 0.15) is 0 Å². The number of nitrogens with two attached hydrogens (primary N) is 1. The van der Waals surface area contributed by atoms with Gasteiger partial charge in [-0.05, 0) is 36.5 Å². The van der Waals surface area contributed by atoms with E-state index in [-0.39, 0.29) is 5.91 Å². The van der Waals surface area contributed by atoms with E-state index in [1.54, 1.807) is 12.1 Å². The Bertz CT molecular complexity index is 385. The van der Waals surface area contributed by atoms with Crippen molar-refractivity contribution in [3.8, 4) is 0 Å². The molecule has 4 heteroatoms. The topological polar surface area (TPSA) is 64.4 Å². The van der Waals surface area contributed by atoms with Crippen molar-refractivity contribution >= 4 is 11.6 Å². The fourth-order valence-corrected chi connectivity index (χ4v) is 1.68. The van der Waals surface area contributed by atoms with Crippen LogP contribution in [0.3, 0.4) is 0 Å². The number of nitrogen functional groups attached to an aromatic ring is 1. The molecule has 18 heavy (non-hydrogen) atoms. The van der Waals surface area contributed by atoms with Gasteiger partial charge in [-0.2, -0.15) is 0 Å². The summed E-state index contributed by atoms with van der Waals surface area (Å²) in [4.78, 5) is 11.6. The van der Waals surface area contributed by atoms with Crippen LogP contribution in [0, 0.1) is 5.92 Å². The van der Waals surface area contributed by atoms with E-state index < -0.39 is 0 Å². The van der Waals surface area contributed by atoms with E-state index in [0.717, 1.165) is 18.1 Å². The number of anilines is 1. The van der Waals surface area contributed by atoms with Crippen molar-refractivity contribution in [3.63, 3.8) is 0 Å². The molecule has 3 N–H and O–H groups in total. The van der Waals surface area contributed by atoms with Gasteiger partial charge in [-0.25, -0.2) is 0 Å². The molecule has 2 rings (SSSR count). The summed E-state index contributed by atoms with van der Waals surface area (Å²) < 4.78 is 5.44. The normalized spacial score (nSPS) is 14.4. The van der Waals surface area contributed by atoms with Crippen molar-refractivity contribution in [2.75, 3.05) is 25.5 Å². The van der Waals surface area contributed by atoms with E-state index in [9.17, 15) is 4.79 Å². The predicted molar refractivity (Wildman–Crippen MR) is 71.1 cm³/mol. The van der Waals surface area contributed by atoms with Gasteiger partial charge in [0.15, 0.2) is 0 Å². The molecule has 1 aliphatic carbocycles. The monoisotopic (exact) mass is 248 g/mol. The first-order chi connectivity index (χ1) is 8.74. The second-order valence-corrected chi connectivity index (χ2v) is 4.79. The molecule has 0 spiro atoms. The number of hydrogen-bond acceptors (Lipinski definition) is 3. The molecule has 1 aromatic rings. The van der Waals surface area contributed by atoms with E-state index in [0.29, 0.717) is 25.3 Å². The quantitative estimate of drug-likeness (QED) is 0.565. The van der Waals surface area contributed by atoms with Crippen molar-refractivity contribution in [1.29, 1.82) is 0 Å². The number of carbonyl (C=O) groups is 1. The molecule has 4 nitrogen and oxygen atoms in total. The molecular formula is C14H20N2O2. The Hall–Kier alpha value is -1.55. The third-order valence-electron chi connectivity index (χ3n) is 2.96. The third-order valence-corrected chi connectivity index (χ3v) is 2.96. The fraction of sp³-hybridized carbons (Fsp3) is 0.500. The summed E-state index contributed by atoms with van der Waals surface area (Å²) in [7, 11) is 0. The molecule has 0 heterocycles. The van der Waals surface area contributed by atoms with Crippen molar-refractivity contribution in [2.24, 2.45) is 5.92 Å². The summed E-state index contributed by atoms with van der Waals surface area (Å²) in [5.74, 6) is 0.797. The number of benzene rings is 1. The zero-order valence-corrected chi connectivity index (χ0v) is 10.5. The van der Waals surface area contributed by atoms with Crippen LogP contribution in [0.2, 0.25) is 0 Å². The third kappa shape index (κ3) is 4.75. The van der Waals surface area contributed by atoms with E-state index in [1.165, 1.54) is 12.8 Å². The van der Waals surface area contributed by atoms with Crippen LogP contribution >= 0.6 is 0 Å². The highest BCUT2D eigenvalue weighted by atomic mass is 16.5. The van der Waals surface area contributed by atoms with Gasteiger partial charge in [-0.15, -0.1) is 0 Å². The minimum Gasteiger partial charge on any atom is -0.399 e. The molecule has 1 aliphatic rings. The minimum atomic E-state index is 0.0230. The molecule has 1 aromatic carbocycles. The summed E-state index contributed by atoms with van der Waals surface area (Å²) >= 11 is 0. The zero-order valence-electron chi connectivity index (χ0n) is 10.5. The van der Waals surface area contributed by atoms with Crippen LogP contribution in [0.5, 0.6) is 0 Å². The van der Waals surface area contributed by atoms with Gasteiger partial charge in [0, 0.05) is 18.8 Å². The fourth-order valence-electron chi connectivity index (χ4n) is 1.68. The lowest BCUT2D eigenvalue weighted by molar-refractivity contribution is -0.120. The van der Waals surface area contributed by atoms with Crippen molar-refractivity contribution in [1.82, 2.24) is 5.32 Å². The number of amides is 1. The second-order valence-electron chi connectivity index (χ2n) is 4.79. The van der Waals surface area contributed by atoms with E-state index in [2.05, 4.69) is 5.32 Å². The highest BCUT2D eigenvalue weighted by molar-refractivity contribution is 5.78. The van der Waals surface area contributed by atoms with Gasteiger partial charge in [0.25, 0.3) is 0 Å². The Balaban J connectivity index is 1.57. The van der Waals surface area contributed by atoms with Gasteiger partial charge in [-0.1, -0.05) is 12.1 Å². The first kappa shape index (κ1) is 12.9. The van der Waals surface area contributed by atoms with Crippen LogP contribution < -0.4 is 11.1 Å². The van der Waals surface area contributed by atoms with Gasteiger partial charge in [-0.3, -0.25) is 4.79 Å². The molecular weight excluding hydrogens is 228 g/mol. The van der Waals surface area contributed by atoms with Crippen LogP contribution in [-0.4, -0.2) is 25.7 Å². The summed E-state index contributed by atoms with van der Waals surface area (Å²) in [5.41, 5.74) is 7.27. The lowest BCUT2D eigenvalue weighted by Crippen LogP contribution is -2.28. The number of carbonyl (C=O) groups excluding carboxylic acids is 1. The molecule has 0 atom stereocenters. The smallest absolute Gasteiger partial charge is 0.224 e. The van der Waals surface area contributed by atoms with Crippen molar-refractivity contribution in [3.05, 3.63) is 29.8 Å². The SMILES string of the molecule is Nc1ccc(CC(=O)NCCOCC2CC2)cc1. The second kappa shape index (κ2) is 6.40. The average molecular weight is 248 g/mol. The largest absolute Gasteiger partial charge is 0.399 e. The molecule has 0 radical (unpaired) electrons. The number of ether oxygens (including phenoxy) is 1. The maximum Gasteiger partial charge on any atom is 0.224 e. The summed E-state index contributed by atoms with van der Waals surface area (Å²) in [5, 5.41) is 2.84. The van der Waals surface area contributed by atoms with Gasteiger partial charge in [0.05, 0.1) is 13.0 Å². The molecule has 0 unspecified atom stereocenters. The molecule has 0 aromatic heterocycles. The standard InChI is InChI=1S/C14H20N2O2/c15-13-5-3-11(4-6-13)9-14(17)16-7-8-18-10-12-1-2-12/h3-6,12H,1-2,7-10,15H2,(H,16,17). The van der Waals surface area contributed by atoms with Crippen LogP contribution in [0.4, 0.5) is 5.69 Å². The van der Waals surface area contributed by atoms with Crippen LogP contribution in [0.1, 0.15) is 18.4 Å². The summed E-state index contributed by atoms with van der Waals surface area (Å²) in [6, 6.07) is 7.36. The molecule has 1 fully saturated rings. The Labute approximate surface area is 108 Å². The minimum absolute atomic E-state index is 0.0230. The molecule has 98 valence electrons.